The molecule has 4 rings (SSSR count). The number of nitrogens with two attached hydrogens (primary N) is 1. The molecule has 0 aliphatic carbocycles. The van der Waals surface area contributed by atoms with Crippen LogP contribution in [0.15, 0.2) is 46.0 Å². The third kappa shape index (κ3) is 2.62. The summed E-state index contributed by atoms with van der Waals surface area (Å²) in [5.41, 5.74) is 8.10. The molecule has 0 radical (unpaired) electrons. The highest BCUT2D eigenvalue weighted by atomic mass is 16.2. The van der Waals surface area contributed by atoms with Gasteiger partial charge in [0.25, 0.3) is 5.56 Å². The number of carbonyl (C=O) groups excluding carboxylic acids is 1. The number of hydrogen-bond acceptors (Lipinski definition) is 4. The first kappa shape index (κ1) is 19.4. The average molecular weight is 406 g/mol. The molecule has 3 aromatic heterocycles. The second-order valence-corrected chi connectivity index (χ2v) is 7.16. The van der Waals surface area contributed by atoms with Crippen LogP contribution >= 0.6 is 0 Å². The second kappa shape index (κ2) is 6.87. The van der Waals surface area contributed by atoms with E-state index in [-0.39, 0.29) is 12.1 Å². The number of nitrogens with zero attached hydrogens (tertiary/aromatic N) is 5. The summed E-state index contributed by atoms with van der Waals surface area (Å²) in [5, 5.41) is 0. The summed E-state index contributed by atoms with van der Waals surface area (Å²) in [5.74, 6) is 0.0121. The van der Waals surface area contributed by atoms with Crippen molar-refractivity contribution in [3.8, 4) is 5.69 Å². The van der Waals surface area contributed by atoms with E-state index in [1.54, 1.807) is 47.9 Å². The molecule has 4 aromatic rings. The van der Waals surface area contributed by atoms with E-state index in [0.29, 0.717) is 22.5 Å². The van der Waals surface area contributed by atoms with Gasteiger partial charge < -0.3 is 5.73 Å². The highest BCUT2D eigenvalue weighted by molar-refractivity contribution is 5.93. The molecule has 3 heterocycles. The van der Waals surface area contributed by atoms with Gasteiger partial charge in [-0.3, -0.25) is 27.7 Å². The van der Waals surface area contributed by atoms with Crippen molar-refractivity contribution in [3.63, 3.8) is 0 Å². The Kier molecular flexibility index (Phi) is 4.45. The number of aryl methyl sites for hydroxylation is 2. The fraction of sp³-hybridized carbons (Fsp3) is 0.238. The van der Waals surface area contributed by atoms with Crippen LogP contribution in [0.5, 0.6) is 0 Å². The van der Waals surface area contributed by atoms with E-state index in [2.05, 4.69) is 4.98 Å². The number of amides is 1. The summed E-state index contributed by atoms with van der Waals surface area (Å²) in [7, 11) is 1.61. The molecular formula is C21H22N6O3. The topological polar surface area (TPSA) is 109 Å². The molecule has 1 aromatic carbocycles. The zero-order valence-electron chi connectivity index (χ0n) is 17.2. The molecular weight excluding hydrogens is 384 g/mol. The van der Waals surface area contributed by atoms with E-state index in [0.717, 1.165) is 17.1 Å². The number of fused-ring (bicyclic) bond motifs is 3. The number of imidazole rings is 2. The maximum absolute atomic E-state index is 13.2. The monoisotopic (exact) mass is 406 g/mol. The number of allylic oxidation sites excluding steroid dienone is 2. The zero-order valence-corrected chi connectivity index (χ0v) is 17.2. The Labute approximate surface area is 171 Å². The number of hydrogen-bond donors (Lipinski definition) is 1. The van der Waals surface area contributed by atoms with Gasteiger partial charge in [-0.05, 0) is 45.0 Å². The van der Waals surface area contributed by atoms with Gasteiger partial charge in [-0.1, -0.05) is 12.2 Å². The maximum Gasteiger partial charge on any atom is 0.332 e. The van der Waals surface area contributed by atoms with Crippen LogP contribution in [0.4, 0.5) is 0 Å². The Bertz CT molecular complexity index is 1460. The molecule has 0 atom stereocenters. The number of rotatable bonds is 4. The highest BCUT2D eigenvalue weighted by Crippen LogP contribution is 2.24. The molecule has 154 valence electrons. The standard InChI is InChI=1S/C21H22N6O3/c1-5-6-11-25-19(29)16-18(24(4)21(25)30)23-20-26(12(2)13(3)27(16)20)15-9-7-14(8-10-15)17(22)28/h5-10H,11H2,1-4H3,(H2,22,28). The SMILES string of the molecule is CC=CCn1c(=O)c2c(nc3n(-c4ccc(C(N)=O)cc4)c(C)c(C)n23)n(C)c1=O. The highest BCUT2D eigenvalue weighted by Gasteiger charge is 2.23. The van der Waals surface area contributed by atoms with E-state index in [1.165, 1.54) is 9.13 Å². The van der Waals surface area contributed by atoms with Gasteiger partial charge in [-0.15, -0.1) is 0 Å². The smallest absolute Gasteiger partial charge is 0.332 e. The van der Waals surface area contributed by atoms with Gasteiger partial charge in [0.1, 0.15) is 0 Å². The van der Waals surface area contributed by atoms with Crippen LogP contribution in [0.1, 0.15) is 28.7 Å². The number of benzene rings is 1. The van der Waals surface area contributed by atoms with E-state index in [1.807, 2.05) is 25.3 Å². The van der Waals surface area contributed by atoms with Crippen molar-refractivity contribution in [2.45, 2.75) is 27.3 Å². The van der Waals surface area contributed by atoms with Gasteiger partial charge in [0.15, 0.2) is 11.2 Å². The van der Waals surface area contributed by atoms with Gasteiger partial charge in [0.05, 0.1) is 0 Å². The lowest BCUT2D eigenvalue weighted by molar-refractivity contribution is 0.100. The van der Waals surface area contributed by atoms with Crippen LogP contribution < -0.4 is 17.0 Å². The summed E-state index contributed by atoms with van der Waals surface area (Å²) >= 11 is 0. The maximum atomic E-state index is 13.2. The molecule has 0 saturated carbocycles. The van der Waals surface area contributed by atoms with Crippen LogP contribution in [0.2, 0.25) is 0 Å². The van der Waals surface area contributed by atoms with E-state index < -0.39 is 11.6 Å². The minimum Gasteiger partial charge on any atom is -0.366 e. The number of primary amides is 1. The van der Waals surface area contributed by atoms with Crippen LogP contribution in [-0.4, -0.2) is 29.0 Å². The molecule has 0 aliphatic rings. The van der Waals surface area contributed by atoms with Gasteiger partial charge in [-0.2, -0.15) is 4.98 Å². The molecule has 30 heavy (non-hydrogen) atoms. The van der Waals surface area contributed by atoms with Crippen molar-refractivity contribution in [3.05, 3.63) is 74.2 Å². The third-order valence-corrected chi connectivity index (χ3v) is 5.45. The molecule has 0 spiro atoms. The Balaban J connectivity index is 2.09. The van der Waals surface area contributed by atoms with Gasteiger partial charge in [-0.25, -0.2) is 4.79 Å². The van der Waals surface area contributed by atoms with Crippen molar-refractivity contribution in [1.29, 1.82) is 0 Å². The van der Waals surface area contributed by atoms with Gasteiger partial charge >= 0.3 is 5.69 Å². The minimum absolute atomic E-state index is 0.193. The zero-order chi connectivity index (χ0) is 21.7. The first-order valence-corrected chi connectivity index (χ1v) is 9.49. The summed E-state index contributed by atoms with van der Waals surface area (Å²) in [6.07, 6.45) is 3.56. The van der Waals surface area contributed by atoms with Crippen molar-refractivity contribution in [1.82, 2.24) is 23.1 Å². The van der Waals surface area contributed by atoms with Gasteiger partial charge in [0, 0.05) is 36.2 Å². The van der Waals surface area contributed by atoms with Crippen LogP contribution in [0.3, 0.4) is 0 Å². The fourth-order valence-corrected chi connectivity index (χ4v) is 3.71. The Morgan fingerprint density at radius 2 is 1.80 bits per heavy atom. The van der Waals surface area contributed by atoms with E-state index in [4.69, 9.17) is 5.73 Å². The van der Waals surface area contributed by atoms with Crippen LogP contribution in [0, 0.1) is 13.8 Å². The molecule has 9 heteroatoms. The largest absolute Gasteiger partial charge is 0.366 e. The minimum atomic E-state index is -0.504. The van der Waals surface area contributed by atoms with Crippen molar-refractivity contribution < 1.29 is 4.79 Å². The third-order valence-electron chi connectivity index (χ3n) is 5.45. The summed E-state index contributed by atoms with van der Waals surface area (Å²) < 4.78 is 6.26. The second-order valence-electron chi connectivity index (χ2n) is 7.16. The first-order valence-electron chi connectivity index (χ1n) is 9.49. The van der Waals surface area contributed by atoms with Crippen LogP contribution in [-0.2, 0) is 13.6 Å². The first-order chi connectivity index (χ1) is 14.3. The van der Waals surface area contributed by atoms with Crippen molar-refractivity contribution in [2.24, 2.45) is 12.8 Å². The predicted molar refractivity (Wildman–Crippen MR) is 114 cm³/mol. The fourth-order valence-electron chi connectivity index (χ4n) is 3.71. The molecule has 0 unspecified atom stereocenters. The normalized spacial score (nSPS) is 11.9. The average Bonchev–Trinajstić information content (AvgIpc) is 3.22. The Morgan fingerprint density at radius 3 is 2.40 bits per heavy atom. The van der Waals surface area contributed by atoms with Crippen molar-refractivity contribution >= 4 is 22.8 Å². The molecule has 0 saturated heterocycles. The molecule has 9 nitrogen and oxygen atoms in total. The van der Waals surface area contributed by atoms with Gasteiger partial charge in [0.2, 0.25) is 11.7 Å². The lowest BCUT2D eigenvalue weighted by Crippen LogP contribution is -2.39. The number of aromatic nitrogens is 5. The Morgan fingerprint density at radius 1 is 1.13 bits per heavy atom. The quantitative estimate of drug-likeness (QED) is 0.517. The predicted octanol–water partition coefficient (Wildman–Crippen LogP) is 1.43. The Hall–Kier alpha value is -3.88. The van der Waals surface area contributed by atoms with Crippen molar-refractivity contribution in [2.75, 3.05) is 0 Å². The van der Waals surface area contributed by atoms with E-state index in [9.17, 15) is 14.4 Å². The molecule has 0 fully saturated rings. The van der Waals surface area contributed by atoms with Crippen LogP contribution in [0.25, 0.3) is 22.6 Å². The molecule has 1 amide bonds. The summed E-state index contributed by atoms with van der Waals surface area (Å²) in [6.45, 7) is 5.86. The summed E-state index contributed by atoms with van der Waals surface area (Å²) in [4.78, 5) is 41.9. The van der Waals surface area contributed by atoms with E-state index >= 15 is 0 Å². The molecule has 0 aliphatic heterocycles. The summed E-state index contributed by atoms with van der Waals surface area (Å²) in [6, 6.07) is 6.83. The lowest BCUT2D eigenvalue weighted by Gasteiger charge is -2.07. The lowest BCUT2D eigenvalue weighted by atomic mass is 10.2. The number of carbonyl (C=O) groups is 1. The molecule has 2 N–H and O–H groups in total. The molecule has 0 bridgehead atoms.